The minimum atomic E-state index is -1.35. The van der Waals surface area contributed by atoms with E-state index in [1.54, 1.807) is 6.08 Å². The van der Waals surface area contributed by atoms with Gasteiger partial charge in [-0.15, -0.1) is 0 Å². The van der Waals surface area contributed by atoms with Gasteiger partial charge in [-0.1, -0.05) is 42.5 Å². The topological polar surface area (TPSA) is 98.2 Å². The molecule has 0 aliphatic heterocycles. The Balaban J connectivity index is 2.01. The van der Waals surface area contributed by atoms with E-state index in [4.69, 9.17) is 5.73 Å². The van der Waals surface area contributed by atoms with Crippen molar-refractivity contribution in [3.8, 4) is 11.3 Å². The van der Waals surface area contributed by atoms with E-state index in [0.29, 0.717) is 5.56 Å². The number of allylic oxidation sites excluding steroid dienone is 1. The second-order valence-electron chi connectivity index (χ2n) is 6.06. The highest BCUT2D eigenvalue weighted by atomic mass is 19.1. The Kier molecular flexibility index (Phi) is 5.76. The maximum Gasteiger partial charge on any atom is 0.341 e. The second-order valence-corrected chi connectivity index (χ2v) is 6.06. The molecule has 1 heterocycles. The number of aromatic carboxylic acids is 1. The number of halogens is 1. The molecule has 0 amide bonds. The molecule has 0 fully saturated rings. The molecule has 3 rings (SSSR count). The molecule has 0 aliphatic carbocycles. The van der Waals surface area contributed by atoms with Gasteiger partial charge in [-0.3, -0.25) is 4.79 Å². The molecular weight excluding hydrogens is 361 g/mol. The average molecular weight is 379 g/mol. The minimum absolute atomic E-state index is 0.00901. The van der Waals surface area contributed by atoms with E-state index >= 15 is 0 Å². The number of nitrogens with zero attached hydrogens (tertiary/aromatic N) is 2. The van der Waals surface area contributed by atoms with Crippen LogP contribution in [-0.4, -0.2) is 20.9 Å². The van der Waals surface area contributed by atoms with E-state index < -0.39 is 22.9 Å². The summed E-state index contributed by atoms with van der Waals surface area (Å²) < 4.78 is 14.8. The van der Waals surface area contributed by atoms with Crippen molar-refractivity contribution in [2.45, 2.75) is 13.1 Å². The van der Waals surface area contributed by atoms with Crippen molar-refractivity contribution in [1.29, 1.82) is 0 Å². The molecule has 0 atom stereocenters. The molecule has 0 radical (unpaired) electrons. The fourth-order valence-electron chi connectivity index (χ4n) is 2.70. The van der Waals surface area contributed by atoms with Gasteiger partial charge in [-0.05, 0) is 29.8 Å². The van der Waals surface area contributed by atoms with Crippen LogP contribution >= 0.6 is 0 Å². The fourth-order valence-corrected chi connectivity index (χ4v) is 2.70. The first-order valence-corrected chi connectivity index (χ1v) is 8.55. The summed E-state index contributed by atoms with van der Waals surface area (Å²) >= 11 is 0. The summed E-state index contributed by atoms with van der Waals surface area (Å²) in [5, 5.41) is 13.6. The lowest BCUT2D eigenvalue weighted by Gasteiger charge is -2.09. The summed E-state index contributed by atoms with van der Waals surface area (Å²) in [5.74, 6) is -1.81. The highest BCUT2D eigenvalue weighted by molar-refractivity contribution is 5.88. The van der Waals surface area contributed by atoms with Gasteiger partial charge in [-0.25, -0.2) is 13.9 Å². The molecule has 0 unspecified atom stereocenters. The smallest absolute Gasteiger partial charge is 0.341 e. The molecule has 0 saturated carbocycles. The number of nitrogens with two attached hydrogens (primary N) is 1. The molecule has 142 valence electrons. The SMILES string of the molecule is NCc1cc(-c2cc(C(=O)O)c(=O)n(C/C=C/c3ccccc3)n2)ccc1F. The monoisotopic (exact) mass is 379 g/mol. The van der Waals surface area contributed by atoms with Gasteiger partial charge in [0.15, 0.2) is 0 Å². The van der Waals surface area contributed by atoms with Crippen LogP contribution in [0.2, 0.25) is 0 Å². The first-order valence-electron chi connectivity index (χ1n) is 8.55. The van der Waals surface area contributed by atoms with Crippen LogP contribution in [0.15, 0.2) is 65.5 Å². The zero-order valence-corrected chi connectivity index (χ0v) is 14.9. The molecule has 0 spiro atoms. The lowest BCUT2D eigenvalue weighted by atomic mass is 10.1. The quantitative estimate of drug-likeness (QED) is 0.686. The summed E-state index contributed by atoms with van der Waals surface area (Å²) in [6, 6.07) is 14.9. The van der Waals surface area contributed by atoms with Crippen molar-refractivity contribution in [3.05, 3.63) is 93.5 Å². The molecule has 7 heteroatoms. The first kappa shape index (κ1) is 19.2. The van der Waals surface area contributed by atoms with Crippen molar-refractivity contribution in [3.63, 3.8) is 0 Å². The lowest BCUT2D eigenvalue weighted by Crippen LogP contribution is -2.28. The molecule has 6 nitrogen and oxygen atoms in total. The van der Waals surface area contributed by atoms with E-state index in [-0.39, 0.29) is 24.3 Å². The van der Waals surface area contributed by atoms with E-state index in [2.05, 4.69) is 5.10 Å². The van der Waals surface area contributed by atoms with E-state index in [0.717, 1.165) is 10.2 Å². The van der Waals surface area contributed by atoms with Crippen molar-refractivity contribution in [1.82, 2.24) is 9.78 Å². The Bertz CT molecular complexity index is 1090. The van der Waals surface area contributed by atoms with Gasteiger partial charge < -0.3 is 10.8 Å². The lowest BCUT2D eigenvalue weighted by molar-refractivity contribution is 0.0694. The number of carboxylic acids is 1. The van der Waals surface area contributed by atoms with E-state index in [1.807, 2.05) is 36.4 Å². The van der Waals surface area contributed by atoms with Crippen molar-refractivity contribution in [2.24, 2.45) is 5.73 Å². The Morgan fingerprint density at radius 3 is 2.61 bits per heavy atom. The molecule has 0 bridgehead atoms. The van der Waals surface area contributed by atoms with Gasteiger partial charge in [0.1, 0.15) is 11.4 Å². The average Bonchev–Trinajstić information content (AvgIpc) is 2.70. The Labute approximate surface area is 160 Å². The number of benzene rings is 2. The summed E-state index contributed by atoms with van der Waals surface area (Å²) in [6.45, 7) is 0.0811. The van der Waals surface area contributed by atoms with Gasteiger partial charge in [0.05, 0.1) is 12.2 Å². The van der Waals surface area contributed by atoms with E-state index in [9.17, 15) is 19.1 Å². The van der Waals surface area contributed by atoms with Crippen LogP contribution in [0.25, 0.3) is 17.3 Å². The third-order valence-electron chi connectivity index (χ3n) is 4.15. The molecule has 3 N–H and O–H groups in total. The van der Waals surface area contributed by atoms with Crippen LogP contribution in [0, 0.1) is 5.82 Å². The predicted octanol–water partition coefficient (Wildman–Crippen LogP) is 2.92. The second kappa shape index (κ2) is 8.41. The minimum Gasteiger partial charge on any atom is -0.477 e. The molecule has 3 aromatic rings. The van der Waals surface area contributed by atoms with E-state index in [1.165, 1.54) is 24.3 Å². The van der Waals surface area contributed by atoms with Crippen LogP contribution in [0.3, 0.4) is 0 Å². The Morgan fingerprint density at radius 1 is 1.18 bits per heavy atom. The first-order chi connectivity index (χ1) is 13.5. The molecule has 1 aromatic heterocycles. The van der Waals surface area contributed by atoms with Crippen LogP contribution in [0.5, 0.6) is 0 Å². The van der Waals surface area contributed by atoms with Crippen LogP contribution in [0.1, 0.15) is 21.5 Å². The van der Waals surface area contributed by atoms with Gasteiger partial charge >= 0.3 is 5.97 Å². The molecule has 2 aromatic carbocycles. The molecular formula is C21H18FN3O3. The third kappa shape index (κ3) is 4.21. The van der Waals surface area contributed by atoms with Crippen LogP contribution < -0.4 is 11.3 Å². The van der Waals surface area contributed by atoms with Gasteiger partial charge in [0, 0.05) is 17.7 Å². The van der Waals surface area contributed by atoms with Crippen LogP contribution in [-0.2, 0) is 13.1 Å². The van der Waals surface area contributed by atoms with Crippen LogP contribution in [0.4, 0.5) is 4.39 Å². The maximum absolute atomic E-state index is 13.7. The zero-order chi connectivity index (χ0) is 20.1. The van der Waals surface area contributed by atoms with Gasteiger partial charge in [0.25, 0.3) is 5.56 Å². The number of hydrogen-bond acceptors (Lipinski definition) is 4. The van der Waals surface area contributed by atoms with Crippen molar-refractivity contribution in [2.75, 3.05) is 0 Å². The Morgan fingerprint density at radius 2 is 1.93 bits per heavy atom. The zero-order valence-electron chi connectivity index (χ0n) is 14.9. The molecule has 0 saturated heterocycles. The normalized spacial score (nSPS) is 11.1. The summed E-state index contributed by atoms with van der Waals surface area (Å²) in [7, 11) is 0. The third-order valence-corrected chi connectivity index (χ3v) is 4.15. The number of hydrogen-bond donors (Lipinski definition) is 2. The van der Waals surface area contributed by atoms with Crippen molar-refractivity contribution >= 4 is 12.0 Å². The number of carbonyl (C=O) groups is 1. The number of carboxylic acid groups (broad SMARTS) is 1. The maximum atomic E-state index is 13.7. The standard InChI is InChI=1S/C21H18FN3O3/c22-18-9-8-15(11-16(18)13-23)19-12-17(21(27)28)20(26)25(24-19)10-4-7-14-5-2-1-3-6-14/h1-9,11-12H,10,13,23H2,(H,27,28)/b7-4+. The van der Waals surface area contributed by atoms with Gasteiger partial charge in [0.2, 0.25) is 0 Å². The fraction of sp³-hybridized carbons (Fsp3) is 0.0952. The molecule has 0 aliphatic rings. The summed E-state index contributed by atoms with van der Waals surface area (Å²) in [6.07, 6.45) is 3.53. The van der Waals surface area contributed by atoms with Crippen molar-refractivity contribution < 1.29 is 14.3 Å². The molecule has 28 heavy (non-hydrogen) atoms. The summed E-state index contributed by atoms with van der Waals surface area (Å²) in [4.78, 5) is 23.9. The van der Waals surface area contributed by atoms with Gasteiger partial charge in [-0.2, -0.15) is 5.10 Å². The number of rotatable bonds is 6. The number of aromatic nitrogens is 2. The predicted molar refractivity (Wildman–Crippen MR) is 104 cm³/mol. The highest BCUT2D eigenvalue weighted by Gasteiger charge is 2.15. The highest BCUT2D eigenvalue weighted by Crippen LogP contribution is 2.20. The largest absolute Gasteiger partial charge is 0.477 e. The Hall–Kier alpha value is -3.58. The summed E-state index contributed by atoms with van der Waals surface area (Å²) in [5.41, 5.74) is 6.36.